The van der Waals surface area contributed by atoms with Crippen molar-refractivity contribution in [2.45, 2.75) is 12.3 Å². The molecule has 1 aromatic carbocycles. The minimum Gasteiger partial charge on any atom is -0.207 e. The summed E-state index contributed by atoms with van der Waals surface area (Å²) in [6.07, 6.45) is 0. The highest BCUT2D eigenvalue weighted by atomic mass is 35.5. The van der Waals surface area contributed by atoms with Crippen LogP contribution < -0.4 is 0 Å². The lowest BCUT2D eigenvalue weighted by Gasteiger charge is -2.11. The van der Waals surface area contributed by atoms with E-state index < -0.39 is 17.0 Å². The fraction of sp³-hybridized carbons (Fsp3) is 0.167. The van der Waals surface area contributed by atoms with Gasteiger partial charge < -0.3 is 0 Å². The van der Waals surface area contributed by atoms with E-state index in [4.69, 9.17) is 11.6 Å². The summed E-state index contributed by atoms with van der Waals surface area (Å²) in [5.41, 5.74) is 0.336. The molecule has 1 heterocycles. The van der Waals surface area contributed by atoms with Crippen molar-refractivity contribution in [1.82, 2.24) is 0 Å². The fourth-order valence-electron chi connectivity index (χ4n) is 1.49. The molecule has 1 atom stereocenters. The predicted octanol–water partition coefficient (Wildman–Crippen LogP) is 4.66. The first-order valence-electron chi connectivity index (χ1n) is 4.73. The van der Waals surface area contributed by atoms with Gasteiger partial charge in [0.05, 0.1) is 5.38 Å². The van der Waals surface area contributed by atoms with E-state index in [9.17, 15) is 8.78 Å². The molecule has 16 heavy (non-hydrogen) atoms. The molecule has 0 nitrogen and oxygen atoms in total. The second-order valence-electron chi connectivity index (χ2n) is 3.47. The molecular weight excluding hydrogens is 250 g/mol. The fourth-order valence-corrected chi connectivity index (χ4v) is 2.62. The smallest absolute Gasteiger partial charge is 0.134 e. The first-order valence-corrected chi connectivity index (χ1v) is 6.05. The zero-order valence-corrected chi connectivity index (χ0v) is 10.1. The maximum absolute atomic E-state index is 13.8. The van der Waals surface area contributed by atoms with Crippen LogP contribution in [0.4, 0.5) is 8.78 Å². The lowest BCUT2D eigenvalue weighted by atomic mass is 10.1. The van der Waals surface area contributed by atoms with Gasteiger partial charge in [-0.2, -0.15) is 0 Å². The van der Waals surface area contributed by atoms with Crippen LogP contribution in [0.3, 0.4) is 0 Å². The summed E-state index contributed by atoms with van der Waals surface area (Å²) in [6, 6.07) is 6.23. The summed E-state index contributed by atoms with van der Waals surface area (Å²) in [6.45, 7) is 1.59. The van der Waals surface area contributed by atoms with Crippen molar-refractivity contribution in [3.8, 4) is 0 Å². The zero-order chi connectivity index (χ0) is 11.7. The highest BCUT2D eigenvalue weighted by Gasteiger charge is 2.21. The van der Waals surface area contributed by atoms with Crippen molar-refractivity contribution in [2.75, 3.05) is 0 Å². The number of benzene rings is 1. The van der Waals surface area contributed by atoms with Gasteiger partial charge in [0.1, 0.15) is 11.6 Å². The van der Waals surface area contributed by atoms with Gasteiger partial charge in [-0.05, 0) is 30.0 Å². The summed E-state index contributed by atoms with van der Waals surface area (Å²) >= 11 is 7.47. The molecule has 84 valence electrons. The molecular formula is C12H9ClF2S. The molecule has 0 bridgehead atoms. The molecule has 0 aliphatic heterocycles. The Morgan fingerprint density at radius 3 is 2.62 bits per heavy atom. The van der Waals surface area contributed by atoms with E-state index >= 15 is 0 Å². The molecule has 0 aliphatic rings. The Balaban J connectivity index is 2.52. The monoisotopic (exact) mass is 258 g/mol. The summed E-state index contributed by atoms with van der Waals surface area (Å²) in [7, 11) is 0. The molecule has 1 unspecified atom stereocenters. The van der Waals surface area contributed by atoms with Gasteiger partial charge in [-0.15, -0.1) is 22.9 Å². The minimum atomic E-state index is -0.764. The van der Waals surface area contributed by atoms with Crippen molar-refractivity contribution in [2.24, 2.45) is 0 Å². The SMILES string of the molecule is Cc1ccc(F)c(C(Cl)c2cccs2)c1F. The van der Waals surface area contributed by atoms with Gasteiger partial charge in [0.15, 0.2) is 0 Å². The highest BCUT2D eigenvalue weighted by molar-refractivity contribution is 7.10. The van der Waals surface area contributed by atoms with Crippen LogP contribution in [0.15, 0.2) is 29.6 Å². The third-order valence-corrected chi connectivity index (χ3v) is 3.89. The Morgan fingerprint density at radius 2 is 2.00 bits per heavy atom. The second kappa shape index (κ2) is 4.52. The number of halogens is 3. The lowest BCUT2D eigenvalue weighted by molar-refractivity contribution is 0.554. The van der Waals surface area contributed by atoms with Gasteiger partial charge in [-0.3, -0.25) is 0 Å². The van der Waals surface area contributed by atoms with E-state index in [1.165, 1.54) is 23.5 Å². The molecule has 0 saturated carbocycles. The number of alkyl halides is 1. The summed E-state index contributed by atoms with van der Waals surface area (Å²) in [5.74, 6) is -1.16. The largest absolute Gasteiger partial charge is 0.207 e. The van der Waals surface area contributed by atoms with E-state index in [2.05, 4.69) is 0 Å². The maximum Gasteiger partial charge on any atom is 0.134 e. The van der Waals surface area contributed by atoms with Crippen LogP contribution in [0.2, 0.25) is 0 Å². The second-order valence-corrected chi connectivity index (χ2v) is 4.89. The Kier molecular flexibility index (Phi) is 3.26. The van der Waals surface area contributed by atoms with Gasteiger partial charge in [-0.25, -0.2) is 8.78 Å². The Labute approximate surface area is 101 Å². The van der Waals surface area contributed by atoms with Crippen molar-refractivity contribution in [3.05, 3.63) is 57.3 Å². The molecule has 0 spiro atoms. The quantitative estimate of drug-likeness (QED) is 0.687. The summed E-state index contributed by atoms with van der Waals surface area (Å²) in [4.78, 5) is 0.741. The maximum atomic E-state index is 13.8. The van der Waals surface area contributed by atoms with Crippen molar-refractivity contribution >= 4 is 22.9 Å². The average Bonchev–Trinajstić information content (AvgIpc) is 2.77. The van der Waals surface area contributed by atoms with Crippen molar-refractivity contribution in [3.63, 3.8) is 0 Å². The van der Waals surface area contributed by atoms with Crippen LogP contribution in [0.5, 0.6) is 0 Å². The topological polar surface area (TPSA) is 0 Å². The van der Waals surface area contributed by atoms with Gasteiger partial charge in [-0.1, -0.05) is 12.1 Å². The van der Waals surface area contributed by atoms with Gasteiger partial charge in [0.2, 0.25) is 0 Å². The van der Waals surface area contributed by atoms with E-state index in [1.54, 1.807) is 19.1 Å². The number of thiophene rings is 1. The molecule has 1 aromatic heterocycles. The molecule has 0 amide bonds. The normalized spacial score (nSPS) is 12.8. The lowest BCUT2D eigenvalue weighted by Crippen LogP contribution is -2.01. The molecule has 0 aliphatic carbocycles. The Bertz CT molecular complexity index is 494. The van der Waals surface area contributed by atoms with Crippen LogP contribution in [-0.4, -0.2) is 0 Å². The van der Waals surface area contributed by atoms with Crippen LogP contribution in [0, 0.1) is 18.6 Å². The minimum absolute atomic E-state index is 0.0656. The third-order valence-electron chi connectivity index (χ3n) is 2.37. The van der Waals surface area contributed by atoms with E-state index in [0.29, 0.717) is 5.56 Å². The molecule has 0 radical (unpaired) electrons. The van der Waals surface area contributed by atoms with Gasteiger partial charge in [0, 0.05) is 10.4 Å². The number of aryl methyl sites for hydroxylation is 1. The van der Waals surface area contributed by atoms with Crippen LogP contribution in [-0.2, 0) is 0 Å². The van der Waals surface area contributed by atoms with Crippen LogP contribution in [0.25, 0.3) is 0 Å². The number of rotatable bonds is 2. The Hall–Kier alpha value is -0.930. The summed E-state index contributed by atoms with van der Waals surface area (Å²) < 4.78 is 27.3. The average molecular weight is 259 g/mol. The standard InChI is InChI=1S/C12H9ClF2S/c1-7-4-5-8(14)10(12(7)15)11(13)9-3-2-6-16-9/h2-6,11H,1H3. The molecule has 2 rings (SSSR count). The molecule has 0 N–H and O–H groups in total. The van der Waals surface area contributed by atoms with Crippen molar-refractivity contribution < 1.29 is 8.78 Å². The zero-order valence-electron chi connectivity index (χ0n) is 8.51. The Morgan fingerprint density at radius 1 is 1.25 bits per heavy atom. The number of hydrogen-bond donors (Lipinski definition) is 0. The van der Waals surface area contributed by atoms with Crippen molar-refractivity contribution in [1.29, 1.82) is 0 Å². The molecule has 0 fully saturated rings. The van der Waals surface area contributed by atoms with Gasteiger partial charge >= 0.3 is 0 Å². The van der Waals surface area contributed by atoms with Crippen LogP contribution >= 0.6 is 22.9 Å². The third kappa shape index (κ3) is 1.97. The van der Waals surface area contributed by atoms with E-state index in [1.807, 2.05) is 5.38 Å². The van der Waals surface area contributed by atoms with Gasteiger partial charge in [0.25, 0.3) is 0 Å². The number of hydrogen-bond acceptors (Lipinski definition) is 1. The first-order chi connectivity index (χ1) is 7.61. The van der Waals surface area contributed by atoms with E-state index in [0.717, 1.165) is 4.88 Å². The molecule has 4 heteroatoms. The van der Waals surface area contributed by atoms with E-state index in [-0.39, 0.29) is 5.56 Å². The molecule has 0 saturated heterocycles. The highest BCUT2D eigenvalue weighted by Crippen LogP contribution is 2.35. The first kappa shape index (κ1) is 11.6. The predicted molar refractivity (Wildman–Crippen MR) is 63.1 cm³/mol. The molecule has 2 aromatic rings. The summed E-state index contributed by atoms with van der Waals surface area (Å²) in [5, 5.41) is 1.07. The van der Waals surface area contributed by atoms with Crippen LogP contribution in [0.1, 0.15) is 21.4 Å².